The number of nitrogens with zero attached hydrogens (tertiary/aromatic N) is 3. The van der Waals surface area contributed by atoms with E-state index in [-0.39, 0.29) is 23.1 Å². The molecule has 0 atom stereocenters. The van der Waals surface area contributed by atoms with Crippen molar-refractivity contribution in [3.63, 3.8) is 0 Å². The topological polar surface area (TPSA) is 121 Å². The molecule has 1 aromatic rings. The van der Waals surface area contributed by atoms with E-state index in [1.807, 2.05) is 0 Å². The summed E-state index contributed by atoms with van der Waals surface area (Å²) in [6.07, 6.45) is 0. The average Bonchev–Trinajstić information content (AvgIpc) is 2.28. The van der Waals surface area contributed by atoms with Crippen LogP contribution >= 0.6 is 0 Å². The first kappa shape index (κ1) is 11.2. The van der Waals surface area contributed by atoms with E-state index in [1.165, 1.54) is 18.2 Å². The maximum absolute atomic E-state index is 11.4. The molecular formula is C8H6N4O4S. The zero-order chi connectivity index (χ0) is 12.5. The Labute approximate surface area is 95.9 Å². The van der Waals surface area contributed by atoms with Crippen LogP contribution in [0.4, 0.5) is 5.69 Å². The predicted molar refractivity (Wildman–Crippen MR) is 56.9 cm³/mol. The highest BCUT2D eigenvalue weighted by Gasteiger charge is 2.19. The van der Waals surface area contributed by atoms with Crippen LogP contribution in [0.25, 0.3) is 10.4 Å². The largest absolute Gasteiger partial charge is 0.482 e. The Balaban J connectivity index is 2.50. The van der Waals surface area contributed by atoms with Gasteiger partial charge in [-0.1, -0.05) is 0 Å². The van der Waals surface area contributed by atoms with Crippen molar-refractivity contribution in [2.24, 2.45) is 4.52 Å². The van der Waals surface area contributed by atoms with Gasteiger partial charge >= 0.3 is 0 Å². The molecule has 1 aromatic carbocycles. The van der Waals surface area contributed by atoms with Crippen LogP contribution in [-0.2, 0) is 14.8 Å². The standard InChI is InChI=1S/C8H6N4O4S/c9-11-12-17(14,15)5-1-2-7-6(3-5)10-8(13)4-16-7/h1-3H,4H2,(H,10,13). The molecule has 0 spiro atoms. The van der Waals surface area contributed by atoms with Crippen molar-refractivity contribution in [2.75, 3.05) is 11.9 Å². The highest BCUT2D eigenvalue weighted by molar-refractivity contribution is 7.90. The molecule has 88 valence electrons. The van der Waals surface area contributed by atoms with Crippen molar-refractivity contribution in [1.82, 2.24) is 0 Å². The van der Waals surface area contributed by atoms with Gasteiger partial charge in [-0.3, -0.25) is 4.79 Å². The lowest BCUT2D eigenvalue weighted by Crippen LogP contribution is -2.25. The third-order valence-corrected chi connectivity index (χ3v) is 3.16. The number of carbonyl (C=O) groups excluding carboxylic acids is 1. The minimum absolute atomic E-state index is 0.116. The van der Waals surface area contributed by atoms with Crippen LogP contribution < -0.4 is 10.1 Å². The zero-order valence-electron chi connectivity index (χ0n) is 8.32. The molecule has 2 rings (SSSR count). The van der Waals surface area contributed by atoms with Gasteiger partial charge in [-0.2, -0.15) is 0 Å². The number of carbonyl (C=O) groups is 1. The van der Waals surface area contributed by atoms with Gasteiger partial charge in [0.1, 0.15) is 5.75 Å². The Morgan fingerprint density at radius 1 is 1.47 bits per heavy atom. The first-order valence-electron chi connectivity index (χ1n) is 4.41. The second kappa shape index (κ2) is 3.96. The van der Waals surface area contributed by atoms with Gasteiger partial charge in [-0.25, -0.2) is 8.42 Å². The molecular weight excluding hydrogens is 248 g/mol. The molecule has 1 heterocycles. The van der Waals surface area contributed by atoms with Crippen molar-refractivity contribution in [3.05, 3.63) is 28.6 Å². The third kappa shape index (κ3) is 2.14. The highest BCUT2D eigenvalue weighted by atomic mass is 32.2. The van der Waals surface area contributed by atoms with Crippen LogP contribution in [0.15, 0.2) is 27.6 Å². The smallest absolute Gasteiger partial charge is 0.264 e. The number of nitrogens with one attached hydrogen (secondary N) is 1. The Morgan fingerprint density at radius 2 is 2.24 bits per heavy atom. The number of benzene rings is 1. The lowest BCUT2D eigenvalue weighted by Gasteiger charge is -2.17. The van der Waals surface area contributed by atoms with E-state index in [0.717, 1.165) is 0 Å². The number of sulfonamides is 1. The molecule has 9 heteroatoms. The fourth-order valence-electron chi connectivity index (χ4n) is 1.32. The number of azide groups is 1. The summed E-state index contributed by atoms with van der Waals surface area (Å²) in [4.78, 5) is 13.1. The van der Waals surface area contributed by atoms with Gasteiger partial charge in [0.15, 0.2) is 6.61 Å². The van der Waals surface area contributed by atoms with E-state index < -0.39 is 10.0 Å². The average molecular weight is 254 g/mol. The molecule has 1 N–H and O–H groups in total. The molecule has 0 radical (unpaired) electrons. The lowest BCUT2D eigenvalue weighted by molar-refractivity contribution is -0.118. The second-order valence-corrected chi connectivity index (χ2v) is 4.73. The minimum atomic E-state index is -4.06. The summed E-state index contributed by atoms with van der Waals surface area (Å²) >= 11 is 0. The third-order valence-electron chi connectivity index (χ3n) is 2.03. The van der Waals surface area contributed by atoms with Crippen molar-refractivity contribution in [3.8, 4) is 5.75 Å². The molecule has 0 saturated heterocycles. The molecule has 1 amide bonds. The number of hydrogen-bond acceptors (Lipinski definition) is 4. The molecule has 17 heavy (non-hydrogen) atoms. The van der Waals surface area contributed by atoms with Crippen LogP contribution in [0.5, 0.6) is 5.75 Å². The van der Waals surface area contributed by atoms with Gasteiger partial charge in [0.25, 0.3) is 15.9 Å². The fraction of sp³-hybridized carbons (Fsp3) is 0.125. The van der Waals surface area contributed by atoms with Gasteiger partial charge < -0.3 is 10.1 Å². The molecule has 0 unspecified atom stereocenters. The zero-order valence-corrected chi connectivity index (χ0v) is 9.14. The quantitative estimate of drug-likeness (QED) is 0.480. The monoisotopic (exact) mass is 254 g/mol. The first-order chi connectivity index (χ1) is 8.03. The second-order valence-electron chi connectivity index (χ2n) is 3.14. The highest BCUT2D eigenvalue weighted by Crippen LogP contribution is 2.30. The van der Waals surface area contributed by atoms with Gasteiger partial charge in [0.05, 0.1) is 10.6 Å². The van der Waals surface area contributed by atoms with Crippen molar-refractivity contribution >= 4 is 21.6 Å². The van der Waals surface area contributed by atoms with Crippen LogP contribution in [0.2, 0.25) is 0 Å². The molecule has 0 aromatic heterocycles. The summed E-state index contributed by atoms with van der Waals surface area (Å²) < 4.78 is 30.6. The fourth-order valence-corrected chi connectivity index (χ4v) is 2.02. The summed E-state index contributed by atoms with van der Waals surface area (Å²) in [6, 6.07) is 3.80. The SMILES string of the molecule is [N-]=[N+]=NS(=O)(=O)c1ccc2c(c1)NC(=O)CO2. The number of rotatable bonds is 2. The van der Waals surface area contributed by atoms with Gasteiger partial charge in [-0.05, 0) is 23.7 Å². The maximum atomic E-state index is 11.4. The molecule has 0 bridgehead atoms. The maximum Gasteiger partial charge on any atom is 0.264 e. The Bertz CT molecular complexity index is 633. The van der Waals surface area contributed by atoms with Gasteiger partial charge in [-0.15, -0.1) is 0 Å². The van der Waals surface area contributed by atoms with Crippen molar-refractivity contribution in [1.29, 1.82) is 0 Å². The Hall–Kier alpha value is -2.25. The normalized spacial score (nSPS) is 14.0. The molecule has 8 nitrogen and oxygen atoms in total. The van der Waals surface area contributed by atoms with E-state index in [9.17, 15) is 13.2 Å². The van der Waals surface area contributed by atoms with Gasteiger partial charge in [0, 0.05) is 9.43 Å². The van der Waals surface area contributed by atoms with Crippen LogP contribution in [0.3, 0.4) is 0 Å². The predicted octanol–water partition coefficient (Wildman–Crippen LogP) is 1.02. The number of ether oxygens (including phenoxy) is 1. The molecule has 0 saturated carbocycles. The van der Waals surface area contributed by atoms with Crippen molar-refractivity contribution < 1.29 is 17.9 Å². The number of anilines is 1. The molecule has 0 aliphatic carbocycles. The van der Waals surface area contributed by atoms with Crippen LogP contribution in [0.1, 0.15) is 0 Å². The summed E-state index contributed by atoms with van der Waals surface area (Å²) in [5.41, 5.74) is 8.36. The Kier molecular flexibility index (Phi) is 2.62. The van der Waals surface area contributed by atoms with E-state index >= 15 is 0 Å². The molecule has 0 fully saturated rings. The van der Waals surface area contributed by atoms with E-state index in [1.54, 1.807) is 0 Å². The van der Waals surface area contributed by atoms with Gasteiger partial charge in [0.2, 0.25) is 0 Å². The number of fused-ring (bicyclic) bond motifs is 1. The summed E-state index contributed by atoms with van der Waals surface area (Å²) in [6.45, 7) is -0.116. The first-order valence-corrected chi connectivity index (χ1v) is 5.85. The lowest BCUT2D eigenvalue weighted by atomic mass is 10.2. The van der Waals surface area contributed by atoms with E-state index in [2.05, 4.69) is 14.7 Å². The number of hydrogen-bond donors (Lipinski definition) is 1. The molecule has 1 aliphatic rings. The molecule has 1 aliphatic heterocycles. The van der Waals surface area contributed by atoms with Crippen LogP contribution in [-0.4, -0.2) is 20.9 Å². The summed E-state index contributed by atoms with van der Waals surface area (Å²) in [7, 11) is -4.06. The summed E-state index contributed by atoms with van der Waals surface area (Å²) in [5.74, 6) is -0.0136. The summed E-state index contributed by atoms with van der Waals surface area (Å²) in [5, 5.41) is 2.45. The van der Waals surface area contributed by atoms with Crippen molar-refractivity contribution in [2.45, 2.75) is 4.90 Å². The van der Waals surface area contributed by atoms with Crippen LogP contribution in [0, 0.1) is 0 Å². The number of amides is 1. The minimum Gasteiger partial charge on any atom is -0.482 e. The Morgan fingerprint density at radius 3 is 2.94 bits per heavy atom. The van der Waals surface area contributed by atoms with E-state index in [0.29, 0.717) is 5.75 Å². The van der Waals surface area contributed by atoms with E-state index in [4.69, 9.17) is 10.3 Å².